The number of ether oxygens (including phenoxy) is 1. The van der Waals surface area contributed by atoms with Crippen molar-refractivity contribution in [3.63, 3.8) is 0 Å². The molecule has 0 fully saturated rings. The van der Waals surface area contributed by atoms with E-state index in [4.69, 9.17) is 0 Å². The van der Waals surface area contributed by atoms with E-state index in [9.17, 15) is 9.59 Å². The van der Waals surface area contributed by atoms with Crippen molar-refractivity contribution >= 4 is 23.2 Å². The third-order valence-electron chi connectivity index (χ3n) is 1.61. The Kier molecular flexibility index (Phi) is 5.62. The molecule has 0 radical (unpaired) electrons. The largest absolute Gasteiger partial charge is 0.467 e. The summed E-state index contributed by atoms with van der Waals surface area (Å²) in [5.41, 5.74) is 0. The Balaban J connectivity index is 0.00000196. The lowest BCUT2D eigenvalue weighted by Crippen LogP contribution is -2.32. The number of rotatable bonds is 3. The molecule has 4 nitrogen and oxygen atoms in total. The first-order chi connectivity index (χ1) is 6.65. The van der Waals surface area contributed by atoms with Gasteiger partial charge in [-0.3, -0.25) is 4.79 Å². The Hall–Kier alpha value is -1.36. The fourth-order valence-corrected chi connectivity index (χ4v) is 1.79. The maximum Gasteiger partial charge on any atom is 0.333 e. The predicted octanol–water partition coefficient (Wildman–Crippen LogP) is 1.73. The number of methoxy groups -OCH3 is 1. The minimum atomic E-state index is -0.683. The van der Waals surface area contributed by atoms with Crippen LogP contribution in [0.4, 0.5) is 0 Å². The molecule has 1 aromatic rings. The van der Waals surface area contributed by atoms with Gasteiger partial charge in [0, 0.05) is 11.8 Å². The molecule has 0 bridgehead atoms. The third kappa shape index (κ3) is 3.71. The summed E-state index contributed by atoms with van der Waals surface area (Å²) in [6, 6.07) is 2.91. The lowest BCUT2D eigenvalue weighted by Gasteiger charge is -2.13. The van der Waals surface area contributed by atoms with Crippen molar-refractivity contribution in [3.05, 3.63) is 22.4 Å². The quantitative estimate of drug-likeness (QED) is 0.803. The van der Waals surface area contributed by atoms with Crippen molar-refractivity contribution in [1.29, 1.82) is 0 Å². The summed E-state index contributed by atoms with van der Waals surface area (Å²) in [5, 5.41) is 4.37. The van der Waals surface area contributed by atoms with Crippen molar-refractivity contribution < 1.29 is 14.3 Å². The van der Waals surface area contributed by atoms with Crippen molar-refractivity contribution in [2.45, 2.75) is 20.4 Å². The molecule has 1 unspecified atom stereocenters. The minimum Gasteiger partial charge on any atom is -0.467 e. The van der Waals surface area contributed by atoms with Crippen molar-refractivity contribution in [3.8, 4) is 0 Å². The van der Waals surface area contributed by atoms with E-state index < -0.39 is 12.0 Å². The zero-order chi connectivity index (χ0) is 10.6. The Labute approximate surface area is 93.3 Å². The maximum absolute atomic E-state index is 11.3. The van der Waals surface area contributed by atoms with Gasteiger partial charge in [0.15, 0.2) is 6.04 Å². The molecule has 1 atom stereocenters. The summed E-state index contributed by atoms with van der Waals surface area (Å²) < 4.78 is 4.59. The lowest BCUT2D eigenvalue weighted by molar-refractivity contribution is -0.145. The molecule has 0 saturated carbocycles. The van der Waals surface area contributed by atoms with Crippen LogP contribution in [0.15, 0.2) is 17.5 Å². The second kappa shape index (κ2) is 6.19. The highest BCUT2D eigenvalue weighted by Gasteiger charge is 2.22. The number of nitrogens with one attached hydrogen (secondary N) is 1. The van der Waals surface area contributed by atoms with Gasteiger partial charge in [0.05, 0.1) is 7.11 Å². The van der Waals surface area contributed by atoms with Gasteiger partial charge < -0.3 is 10.1 Å². The number of esters is 1. The zero-order valence-electron chi connectivity index (χ0n) is 7.94. The highest BCUT2D eigenvalue weighted by Crippen LogP contribution is 2.19. The number of amides is 1. The number of carbonyl (C=O) groups is 2. The Morgan fingerprint density at radius 2 is 2.20 bits per heavy atom. The highest BCUT2D eigenvalue weighted by atomic mass is 32.1. The molecule has 5 heteroatoms. The van der Waals surface area contributed by atoms with Crippen LogP contribution in [-0.2, 0) is 14.3 Å². The molecule has 84 valence electrons. The number of thiophene rings is 1. The lowest BCUT2D eigenvalue weighted by atomic mass is 10.2. The molecule has 1 heterocycles. The normalized spacial score (nSPS) is 11.1. The van der Waals surface area contributed by atoms with Gasteiger partial charge in [0.1, 0.15) is 0 Å². The van der Waals surface area contributed by atoms with Crippen LogP contribution in [0.3, 0.4) is 0 Å². The van der Waals surface area contributed by atoms with Crippen LogP contribution >= 0.6 is 11.3 Å². The van der Waals surface area contributed by atoms with Crippen LogP contribution < -0.4 is 5.32 Å². The summed E-state index contributed by atoms with van der Waals surface area (Å²) in [7, 11) is 1.30. The molecule has 1 aromatic heterocycles. The van der Waals surface area contributed by atoms with Gasteiger partial charge >= 0.3 is 5.97 Å². The molecule has 1 amide bonds. The smallest absolute Gasteiger partial charge is 0.333 e. The Morgan fingerprint density at radius 3 is 2.60 bits per heavy atom. The van der Waals surface area contributed by atoms with Gasteiger partial charge in [-0.1, -0.05) is 13.5 Å². The predicted molar refractivity (Wildman–Crippen MR) is 59.6 cm³/mol. The Bertz CT molecular complexity index is 321. The van der Waals surface area contributed by atoms with Gasteiger partial charge in [0.2, 0.25) is 5.91 Å². The summed E-state index contributed by atoms with van der Waals surface area (Å²) >= 11 is 1.40. The van der Waals surface area contributed by atoms with Crippen LogP contribution in [0.1, 0.15) is 25.3 Å². The molecule has 15 heavy (non-hydrogen) atoms. The Morgan fingerprint density at radius 1 is 1.53 bits per heavy atom. The summed E-state index contributed by atoms with van der Waals surface area (Å²) in [5.74, 6) is -0.712. The molecule has 1 N–H and O–H groups in total. The fourth-order valence-electron chi connectivity index (χ4n) is 1.02. The van der Waals surface area contributed by atoms with E-state index >= 15 is 0 Å². The first-order valence-corrected chi connectivity index (χ1v) is 4.91. The third-order valence-corrected chi connectivity index (χ3v) is 2.55. The molecule has 1 rings (SSSR count). The van der Waals surface area contributed by atoms with E-state index in [0.29, 0.717) is 0 Å². The second-order valence-electron chi connectivity index (χ2n) is 2.67. The first-order valence-electron chi connectivity index (χ1n) is 4.03. The molecular formula is C10H15NO3S. The average Bonchev–Trinajstić information content (AvgIpc) is 2.65. The van der Waals surface area contributed by atoms with Crippen molar-refractivity contribution in [2.75, 3.05) is 7.11 Å². The van der Waals surface area contributed by atoms with Gasteiger partial charge in [0.25, 0.3) is 0 Å². The van der Waals surface area contributed by atoms with Gasteiger partial charge in [-0.25, -0.2) is 4.79 Å². The molecule has 0 saturated heterocycles. The topological polar surface area (TPSA) is 55.4 Å². The maximum atomic E-state index is 11.3. The van der Waals surface area contributed by atoms with Crippen molar-refractivity contribution in [2.24, 2.45) is 0 Å². The van der Waals surface area contributed by atoms with Gasteiger partial charge in [-0.2, -0.15) is 0 Å². The van der Waals surface area contributed by atoms with E-state index in [-0.39, 0.29) is 13.3 Å². The van der Waals surface area contributed by atoms with Crippen LogP contribution in [-0.4, -0.2) is 19.0 Å². The standard InChI is InChI=1S/C9H11NO3S.CH4/c1-6(11)10-8(9(12)13-2)7-4-3-5-14-7;/h3-5,8H,1-2H3,(H,10,11);1H4. The summed E-state index contributed by atoms with van der Waals surface area (Å²) in [4.78, 5) is 22.9. The van der Waals surface area contributed by atoms with E-state index in [1.54, 1.807) is 6.07 Å². The molecule has 0 spiro atoms. The van der Waals surface area contributed by atoms with Gasteiger partial charge in [-0.05, 0) is 11.4 Å². The molecule has 0 aliphatic heterocycles. The van der Waals surface area contributed by atoms with E-state index in [1.807, 2.05) is 11.4 Å². The van der Waals surface area contributed by atoms with Crippen molar-refractivity contribution in [1.82, 2.24) is 5.32 Å². The first kappa shape index (κ1) is 13.6. The molecule has 0 aliphatic rings. The number of hydrogen-bond donors (Lipinski definition) is 1. The minimum absolute atomic E-state index is 0. The monoisotopic (exact) mass is 229 g/mol. The zero-order valence-corrected chi connectivity index (χ0v) is 8.76. The number of carbonyl (C=O) groups excluding carboxylic acids is 2. The second-order valence-corrected chi connectivity index (χ2v) is 3.65. The van der Waals surface area contributed by atoms with Crippen LogP contribution in [0.5, 0.6) is 0 Å². The van der Waals surface area contributed by atoms with Crippen LogP contribution in [0.2, 0.25) is 0 Å². The molecular weight excluding hydrogens is 214 g/mol. The molecule has 0 aliphatic carbocycles. The van der Waals surface area contributed by atoms with Gasteiger partial charge in [-0.15, -0.1) is 11.3 Å². The molecule has 0 aromatic carbocycles. The van der Waals surface area contributed by atoms with Crippen LogP contribution in [0.25, 0.3) is 0 Å². The highest BCUT2D eigenvalue weighted by molar-refractivity contribution is 7.10. The van der Waals surface area contributed by atoms with E-state index in [0.717, 1.165) is 4.88 Å². The van der Waals surface area contributed by atoms with E-state index in [1.165, 1.54) is 25.4 Å². The number of hydrogen-bond acceptors (Lipinski definition) is 4. The fraction of sp³-hybridized carbons (Fsp3) is 0.400. The van der Waals surface area contributed by atoms with E-state index in [2.05, 4.69) is 10.1 Å². The summed E-state index contributed by atoms with van der Waals surface area (Å²) in [6.07, 6.45) is 0. The van der Waals surface area contributed by atoms with Crippen LogP contribution in [0, 0.1) is 0 Å². The average molecular weight is 229 g/mol. The SMILES string of the molecule is C.COC(=O)C(NC(C)=O)c1cccs1. The summed E-state index contributed by atoms with van der Waals surface area (Å²) in [6.45, 7) is 1.36.